The lowest BCUT2D eigenvalue weighted by Crippen LogP contribution is -2.33. The van der Waals surface area contributed by atoms with E-state index in [1.165, 1.54) is 30.3 Å². The number of hydrogen-bond acceptors (Lipinski definition) is 5. The fraction of sp³-hybridized carbons (Fsp3) is 0.235. The normalized spacial score (nSPS) is 16.9. The van der Waals surface area contributed by atoms with Crippen LogP contribution in [0.4, 0.5) is 21.5 Å². The maximum atomic E-state index is 13.0. The van der Waals surface area contributed by atoms with Crippen LogP contribution in [0.5, 0.6) is 0 Å². The number of nitrogens with zero attached hydrogens (tertiary/aromatic N) is 2. The monoisotopic (exact) mass is 344 g/mol. The standard InChI is InChI=1S/C17H17FN4O3/c18-12-3-1-11(2-4-12)10-21-8-7-14(17(21)23)20-15-9-13(19)5-6-16(15)22(24)25/h1-6,9,14,20H,7-8,10,19H2/t14-/m1/s1. The van der Waals surface area contributed by atoms with E-state index in [1.54, 1.807) is 17.0 Å². The van der Waals surface area contributed by atoms with Crippen LogP contribution in [0.2, 0.25) is 0 Å². The van der Waals surface area contributed by atoms with E-state index < -0.39 is 11.0 Å². The van der Waals surface area contributed by atoms with Gasteiger partial charge in [-0.2, -0.15) is 0 Å². The molecule has 1 heterocycles. The van der Waals surface area contributed by atoms with Gasteiger partial charge in [0.2, 0.25) is 5.91 Å². The molecule has 1 aliphatic heterocycles. The number of nitrogens with two attached hydrogens (primary N) is 1. The molecule has 1 amide bonds. The highest BCUT2D eigenvalue weighted by atomic mass is 19.1. The van der Waals surface area contributed by atoms with Gasteiger partial charge < -0.3 is 16.0 Å². The van der Waals surface area contributed by atoms with E-state index >= 15 is 0 Å². The van der Waals surface area contributed by atoms with E-state index in [0.29, 0.717) is 25.2 Å². The quantitative estimate of drug-likeness (QED) is 0.493. The number of benzene rings is 2. The van der Waals surface area contributed by atoms with Crippen molar-refractivity contribution < 1.29 is 14.1 Å². The van der Waals surface area contributed by atoms with Gasteiger partial charge in [-0.05, 0) is 36.2 Å². The molecule has 1 aliphatic rings. The van der Waals surface area contributed by atoms with E-state index in [0.717, 1.165) is 5.56 Å². The first-order chi connectivity index (χ1) is 11.9. The minimum atomic E-state index is -0.555. The summed E-state index contributed by atoms with van der Waals surface area (Å²) >= 11 is 0. The number of likely N-dealkylation sites (tertiary alicyclic amines) is 1. The Labute approximate surface area is 143 Å². The van der Waals surface area contributed by atoms with Crippen LogP contribution >= 0.6 is 0 Å². The van der Waals surface area contributed by atoms with Crippen molar-refractivity contribution in [1.29, 1.82) is 0 Å². The summed E-state index contributed by atoms with van der Waals surface area (Å²) in [6, 6.07) is 9.62. The number of nitrogen functional groups attached to an aromatic ring is 1. The molecule has 1 fully saturated rings. The van der Waals surface area contributed by atoms with Crippen molar-refractivity contribution in [2.45, 2.75) is 19.0 Å². The second-order valence-electron chi connectivity index (χ2n) is 5.91. The summed E-state index contributed by atoms with van der Waals surface area (Å²) in [6.45, 7) is 0.889. The maximum absolute atomic E-state index is 13.0. The average molecular weight is 344 g/mol. The van der Waals surface area contributed by atoms with Crippen LogP contribution in [0.3, 0.4) is 0 Å². The molecule has 1 saturated heterocycles. The van der Waals surface area contributed by atoms with Gasteiger partial charge in [0.05, 0.1) is 4.92 Å². The van der Waals surface area contributed by atoms with Crippen LogP contribution in [-0.4, -0.2) is 28.3 Å². The van der Waals surface area contributed by atoms with Crippen molar-refractivity contribution >= 4 is 23.0 Å². The number of nitrogens with one attached hydrogen (secondary N) is 1. The molecule has 3 N–H and O–H groups in total. The average Bonchev–Trinajstić information content (AvgIpc) is 2.90. The molecule has 2 aromatic rings. The molecule has 25 heavy (non-hydrogen) atoms. The predicted molar refractivity (Wildman–Crippen MR) is 91.4 cm³/mol. The molecule has 0 spiro atoms. The molecule has 0 aliphatic carbocycles. The van der Waals surface area contributed by atoms with Crippen LogP contribution in [0.1, 0.15) is 12.0 Å². The number of carbonyl (C=O) groups excluding carboxylic acids is 1. The summed E-state index contributed by atoms with van der Waals surface area (Å²) in [5, 5.41) is 14.1. The molecule has 130 valence electrons. The van der Waals surface area contributed by atoms with Crippen molar-refractivity contribution in [3.8, 4) is 0 Å². The second kappa shape index (κ2) is 6.76. The van der Waals surface area contributed by atoms with Crippen LogP contribution in [-0.2, 0) is 11.3 Å². The Bertz CT molecular complexity index is 810. The Morgan fingerprint density at radius 1 is 1.28 bits per heavy atom. The zero-order valence-electron chi connectivity index (χ0n) is 13.3. The third-order valence-electron chi connectivity index (χ3n) is 4.13. The summed E-state index contributed by atoms with van der Waals surface area (Å²) in [4.78, 5) is 24.8. The smallest absolute Gasteiger partial charge is 0.292 e. The Morgan fingerprint density at radius 3 is 2.68 bits per heavy atom. The molecule has 8 heteroatoms. The van der Waals surface area contributed by atoms with Crippen LogP contribution in [0, 0.1) is 15.9 Å². The molecular formula is C17H17FN4O3. The highest BCUT2D eigenvalue weighted by Gasteiger charge is 2.32. The van der Waals surface area contributed by atoms with Crippen molar-refractivity contribution in [1.82, 2.24) is 4.90 Å². The molecule has 0 radical (unpaired) electrons. The van der Waals surface area contributed by atoms with Crippen LogP contribution < -0.4 is 11.1 Å². The number of nitro groups is 1. The molecule has 0 unspecified atom stereocenters. The van der Waals surface area contributed by atoms with Gasteiger partial charge in [0.15, 0.2) is 0 Å². The number of rotatable bonds is 5. The van der Waals surface area contributed by atoms with Gasteiger partial charge in [-0.3, -0.25) is 14.9 Å². The predicted octanol–water partition coefficient (Wildman–Crippen LogP) is 2.53. The zero-order chi connectivity index (χ0) is 18.0. The fourth-order valence-corrected chi connectivity index (χ4v) is 2.86. The van der Waals surface area contributed by atoms with Crippen molar-refractivity contribution in [3.63, 3.8) is 0 Å². The van der Waals surface area contributed by atoms with E-state index in [1.807, 2.05) is 0 Å². The lowest BCUT2D eigenvalue weighted by Gasteiger charge is -2.18. The number of hydrogen-bond donors (Lipinski definition) is 2. The minimum Gasteiger partial charge on any atom is -0.399 e. The van der Waals surface area contributed by atoms with Gasteiger partial charge in [-0.15, -0.1) is 0 Å². The number of anilines is 2. The lowest BCUT2D eigenvalue weighted by molar-refractivity contribution is -0.384. The third-order valence-corrected chi connectivity index (χ3v) is 4.13. The number of nitro benzene ring substituents is 1. The summed E-state index contributed by atoms with van der Waals surface area (Å²) < 4.78 is 13.0. The lowest BCUT2D eigenvalue weighted by atomic mass is 10.2. The fourth-order valence-electron chi connectivity index (χ4n) is 2.86. The van der Waals surface area contributed by atoms with E-state index in [9.17, 15) is 19.3 Å². The first kappa shape index (κ1) is 16.7. The zero-order valence-corrected chi connectivity index (χ0v) is 13.3. The van der Waals surface area contributed by atoms with Crippen molar-refractivity contribution in [3.05, 3.63) is 64.0 Å². The van der Waals surface area contributed by atoms with Gasteiger partial charge in [0.25, 0.3) is 5.69 Å². The number of carbonyl (C=O) groups is 1. The first-order valence-electron chi connectivity index (χ1n) is 7.78. The Balaban J connectivity index is 1.71. The highest BCUT2D eigenvalue weighted by Crippen LogP contribution is 2.29. The Kier molecular flexibility index (Phi) is 4.51. The molecule has 7 nitrogen and oxygen atoms in total. The van der Waals surface area contributed by atoms with Gasteiger partial charge in [0.1, 0.15) is 17.5 Å². The summed E-state index contributed by atoms with van der Waals surface area (Å²) in [5.41, 5.74) is 6.99. The molecule has 3 rings (SSSR count). The second-order valence-corrected chi connectivity index (χ2v) is 5.91. The summed E-state index contributed by atoms with van der Waals surface area (Å²) in [6.07, 6.45) is 0.520. The van der Waals surface area contributed by atoms with E-state index in [2.05, 4.69) is 5.32 Å². The van der Waals surface area contributed by atoms with Gasteiger partial charge in [-0.1, -0.05) is 12.1 Å². The first-order valence-corrected chi connectivity index (χ1v) is 7.78. The third kappa shape index (κ3) is 3.68. The minimum absolute atomic E-state index is 0.126. The maximum Gasteiger partial charge on any atom is 0.292 e. The van der Waals surface area contributed by atoms with Gasteiger partial charge in [-0.25, -0.2) is 4.39 Å². The molecule has 1 atom stereocenters. The summed E-state index contributed by atoms with van der Waals surface area (Å²) in [7, 11) is 0. The Hall–Kier alpha value is -3.16. The molecule has 0 saturated carbocycles. The topological polar surface area (TPSA) is 102 Å². The van der Waals surface area contributed by atoms with Gasteiger partial charge in [0, 0.05) is 24.8 Å². The molecule has 0 aromatic heterocycles. The van der Waals surface area contributed by atoms with Crippen LogP contribution in [0.15, 0.2) is 42.5 Å². The van der Waals surface area contributed by atoms with Crippen molar-refractivity contribution in [2.75, 3.05) is 17.6 Å². The Morgan fingerprint density at radius 2 is 2.00 bits per heavy atom. The number of amides is 1. The highest BCUT2D eigenvalue weighted by molar-refractivity contribution is 5.87. The summed E-state index contributed by atoms with van der Waals surface area (Å²) in [5.74, 6) is -0.480. The van der Waals surface area contributed by atoms with Gasteiger partial charge >= 0.3 is 0 Å². The molecule has 2 aromatic carbocycles. The number of halogens is 1. The largest absolute Gasteiger partial charge is 0.399 e. The SMILES string of the molecule is Nc1ccc([N+](=O)[O-])c(N[C@@H]2CCN(Cc3ccc(F)cc3)C2=O)c1. The van der Waals surface area contributed by atoms with E-state index in [4.69, 9.17) is 5.73 Å². The molecular weight excluding hydrogens is 327 g/mol. The van der Waals surface area contributed by atoms with Crippen LogP contribution in [0.25, 0.3) is 0 Å². The van der Waals surface area contributed by atoms with Crippen molar-refractivity contribution in [2.24, 2.45) is 0 Å². The molecule has 0 bridgehead atoms. The van der Waals surface area contributed by atoms with E-state index in [-0.39, 0.29) is 23.1 Å².